The monoisotopic (exact) mass is 339 g/mol. The average molecular weight is 339 g/mol. The van der Waals surface area contributed by atoms with Gasteiger partial charge in [0, 0.05) is 29.5 Å². The molecule has 0 aliphatic carbocycles. The van der Waals surface area contributed by atoms with Gasteiger partial charge in [-0.15, -0.1) is 0 Å². The Kier molecular flexibility index (Phi) is 5.80. The van der Waals surface area contributed by atoms with Gasteiger partial charge in [-0.05, 0) is 57.2 Å². The zero-order valence-electron chi connectivity index (χ0n) is 15.2. The molecular formula is C20H25N3O2. The van der Waals surface area contributed by atoms with Crippen LogP contribution in [0.2, 0.25) is 0 Å². The predicted octanol–water partition coefficient (Wildman–Crippen LogP) is 3.29. The molecule has 0 aliphatic heterocycles. The molecule has 0 aromatic heterocycles. The molecule has 0 atom stereocenters. The lowest BCUT2D eigenvalue weighted by molar-refractivity contribution is -0.116. The molecule has 5 heteroatoms. The van der Waals surface area contributed by atoms with E-state index in [0.29, 0.717) is 5.56 Å². The number of nitrogens with zero attached hydrogens (tertiary/aromatic N) is 1. The summed E-state index contributed by atoms with van der Waals surface area (Å²) in [6, 6.07) is 16.6. The minimum absolute atomic E-state index is 0.0410. The smallest absolute Gasteiger partial charge is 0.251 e. The summed E-state index contributed by atoms with van der Waals surface area (Å²) in [5, 5.41) is 6.00. The topological polar surface area (TPSA) is 61.4 Å². The Balaban J connectivity index is 1.91. The van der Waals surface area contributed by atoms with E-state index in [4.69, 9.17) is 0 Å². The van der Waals surface area contributed by atoms with Crippen molar-refractivity contribution in [3.8, 4) is 0 Å². The number of carbonyl (C=O) groups excluding carboxylic acids is 2. The second-order valence-corrected chi connectivity index (χ2v) is 6.92. The van der Waals surface area contributed by atoms with Crippen LogP contribution in [-0.4, -0.2) is 30.9 Å². The molecule has 0 saturated heterocycles. The minimum Gasteiger partial charge on any atom is -0.376 e. The highest BCUT2D eigenvalue weighted by molar-refractivity contribution is 5.96. The number of nitrogens with one attached hydrogen (secondary N) is 2. The van der Waals surface area contributed by atoms with Crippen molar-refractivity contribution < 1.29 is 9.59 Å². The first-order valence-corrected chi connectivity index (χ1v) is 8.24. The van der Waals surface area contributed by atoms with Crippen LogP contribution in [0.4, 0.5) is 11.4 Å². The molecule has 25 heavy (non-hydrogen) atoms. The molecule has 0 saturated carbocycles. The average Bonchev–Trinajstić information content (AvgIpc) is 2.58. The van der Waals surface area contributed by atoms with Crippen LogP contribution in [0.15, 0.2) is 54.6 Å². The fourth-order valence-electron chi connectivity index (χ4n) is 2.24. The number of rotatable bonds is 5. The number of benzene rings is 2. The van der Waals surface area contributed by atoms with Gasteiger partial charge in [-0.1, -0.05) is 18.2 Å². The van der Waals surface area contributed by atoms with Gasteiger partial charge in [-0.2, -0.15) is 0 Å². The molecule has 132 valence electrons. The Morgan fingerprint density at radius 1 is 0.960 bits per heavy atom. The Hall–Kier alpha value is -2.82. The summed E-state index contributed by atoms with van der Waals surface area (Å²) in [5.74, 6) is -0.153. The van der Waals surface area contributed by atoms with Crippen molar-refractivity contribution in [2.24, 2.45) is 0 Å². The number of para-hydroxylation sites is 1. The predicted molar refractivity (Wildman–Crippen MR) is 102 cm³/mol. The van der Waals surface area contributed by atoms with Crippen molar-refractivity contribution >= 4 is 23.2 Å². The first-order chi connectivity index (χ1) is 11.8. The number of hydrogen-bond acceptors (Lipinski definition) is 3. The van der Waals surface area contributed by atoms with Crippen molar-refractivity contribution in [1.82, 2.24) is 5.32 Å². The molecule has 2 amide bonds. The van der Waals surface area contributed by atoms with Gasteiger partial charge in [-0.3, -0.25) is 9.59 Å². The Morgan fingerprint density at radius 3 is 2.12 bits per heavy atom. The zero-order valence-corrected chi connectivity index (χ0v) is 15.2. The van der Waals surface area contributed by atoms with Gasteiger partial charge < -0.3 is 15.5 Å². The van der Waals surface area contributed by atoms with Crippen molar-refractivity contribution in [1.29, 1.82) is 0 Å². The van der Waals surface area contributed by atoms with Crippen LogP contribution in [0.5, 0.6) is 0 Å². The Morgan fingerprint density at radius 2 is 1.56 bits per heavy atom. The number of amides is 2. The molecule has 0 spiro atoms. The molecular weight excluding hydrogens is 314 g/mol. The van der Waals surface area contributed by atoms with Gasteiger partial charge in [0.2, 0.25) is 5.91 Å². The van der Waals surface area contributed by atoms with Crippen LogP contribution < -0.4 is 15.5 Å². The molecule has 2 aromatic rings. The third kappa shape index (κ3) is 5.64. The lowest BCUT2D eigenvalue weighted by atomic mass is 10.1. The summed E-state index contributed by atoms with van der Waals surface area (Å²) in [4.78, 5) is 25.9. The van der Waals surface area contributed by atoms with E-state index in [2.05, 4.69) is 10.6 Å². The fraction of sp³-hybridized carbons (Fsp3) is 0.300. The second kappa shape index (κ2) is 7.83. The quantitative estimate of drug-likeness (QED) is 0.879. The molecule has 0 bridgehead atoms. The highest BCUT2D eigenvalue weighted by atomic mass is 16.2. The first kappa shape index (κ1) is 18.5. The SMILES string of the molecule is CN(C(=O)CNc1ccc(C(=O)NC(C)(C)C)cc1)c1ccccc1. The molecule has 0 aliphatic rings. The lowest BCUT2D eigenvalue weighted by Crippen LogP contribution is -2.40. The van der Waals surface area contributed by atoms with E-state index in [-0.39, 0.29) is 23.9 Å². The third-order valence-electron chi connectivity index (χ3n) is 3.60. The van der Waals surface area contributed by atoms with E-state index < -0.39 is 0 Å². The fourth-order valence-corrected chi connectivity index (χ4v) is 2.24. The van der Waals surface area contributed by atoms with Crippen LogP contribution in [0.3, 0.4) is 0 Å². The van der Waals surface area contributed by atoms with E-state index >= 15 is 0 Å². The van der Waals surface area contributed by atoms with Crippen molar-refractivity contribution in [2.75, 3.05) is 23.8 Å². The number of carbonyl (C=O) groups is 2. The van der Waals surface area contributed by atoms with E-state index in [1.165, 1.54) is 0 Å². The standard InChI is InChI=1S/C20H25N3O2/c1-20(2,3)22-19(25)15-10-12-16(13-11-15)21-14-18(24)23(4)17-8-6-5-7-9-17/h5-13,21H,14H2,1-4H3,(H,22,25). The molecule has 2 N–H and O–H groups in total. The molecule has 0 heterocycles. The van der Waals surface area contributed by atoms with Crippen LogP contribution in [0.1, 0.15) is 31.1 Å². The third-order valence-corrected chi connectivity index (χ3v) is 3.60. The van der Waals surface area contributed by atoms with Crippen molar-refractivity contribution in [2.45, 2.75) is 26.3 Å². The van der Waals surface area contributed by atoms with Gasteiger partial charge in [0.05, 0.1) is 6.54 Å². The van der Waals surface area contributed by atoms with Gasteiger partial charge in [0.1, 0.15) is 0 Å². The maximum atomic E-state index is 12.2. The summed E-state index contributed by atoms with van der Waals surface area (Å²) in [5.41, 5.74) is 1.96. The minimum atomic E-state index is -0.275. The number of hydrogen-bond donors (Lipinski definition) is 2. The Labute approximate surface area is 149 Å². The molecule has 0 fully saturated rings. The summed E-state index contributed by atoms with van der Waals surface area (Å²) in [7, 11) is 1.75. The van der Waals surface area contributed by atoms with Gasteiger partial charge in [0.15, 0.2) is 0 Å². The van der Waals surface area contributed by atoms with Gasteiger partial charge in [-0.25, -0.2) is 0 Å². The Bertz CT molecular complexity index is 719. The van der Waals surface area contributed by atoms with Crippen molar-refractivity contribution in [3.05, 3.63) is 60.2 Å². The van der Waals surface area contributed by atoms with E-state index in [0.717, 1.165) is 11.4 Å². The molecule has 2 aromatic carbocycles. The summed E-state index contributed by atoms with van der Waals surface area (Å²) < 4.78 is 0. The maximum absolute atomic E-state index is 12.2. The van der Waals surface area contributed by atoms with Crippen LogP contribution in [0, 0.1) is 0 Å². The van der Waals surface area contributed by atoms with Crippen LogP contribution >= 0.6 is 0 Å². The van der Waals surface area contributed by atoms with Crippen LogP contribution in [0.25, 0.3) is 0 Å². The second-order valence-electron chi connectivity index (χ2n) is 6.92. The highest BCUT2D eigenvalue weighted by Gasteiger charge is 2.15. The summed E-state index contributed by atoms with van der Waals surface area (Å²) in [6.07, 6.45) is 0. The lowest BCUT2D eigenvalue weighted by Gasteiger charge is -2.20. The summed E-state index contributed by atoms with van der Waals surface area (Å²) in [6.45, 7) is 6.00. The molecule has 0 radical (unpaired) electrons. The number of likely N-dealkylation sites (N-methyl/N-ethyl adjacent to an activating group) is 1. The van der Waals surface area contributed by atoms with Gasteiger partial charge >= 0.3 is 0 Å². The molecule has 0 unspecified atom stereocenters. The molecule has 5 nitrogen and oxygen atoms in total. The van der Waals surface area contributed by atoms with Crippen LogP contribution in [-0.2, 0) is 4.79 Å². The summed E-state index contributed by atoms with van der Waals surface area (Å²) >= 11 is 0. The maximum Gasteiger partial charge on any atom is 0.251 e. The van der Waals surface area contributed by atoms with E-state index in [1.54, 1.807) is 36.2 Å². The number of anilines is 2. The van der Waals surface area contributed by atoms with E-state index in [9.17, 15) is 9.59 Å². The molecule has 2 rings (SSSR count). The normalized spacial score (nSPS) is 10.9. The largest absolute Gasteiger partial charge is 0.376 e. The first-order valence-electron chi connectivity index (χ1n) is 8.24. The van der Waals surface area contributed by atoms with E-state index in [1.807, 2.05) is 51.1 Å². The highest BCUT2D eigenvalue weighted by Crippen LogP contribution is 2.13. The van der Waals surface area contributed by atoms with Gasteiger partial charge in [0.25, 0.3) is 5.91 Å². The zero-order chi connectivity index (χ0) is 18.4. The van der Waals surface area contributed by atoms with Crippen molar-refractivity contribution in [3.63, 3.8) is 0 Å².